The van der Waals surface area contributed by atoms with Crippen molar-refractivity contribution in [1.82, 2.24) is 19.9 Å². The van der Waals surface area contributed by atoms with Gasteiger partial charge in [0, 0.05) is 50.7 Å². The summed E-state index contributed by atoms with van der Waals surface area (Å²) in [6.45, 7) is 4.64. The molecular weight excluding hydrogens is 281 g/mol. The average Bonchev–Trinajstić information content (AvgIpc) is 2.95. The number of likely N-dealkylation sites (N-methyl/N-ethyl adjacent to an activating group) is 1. The number of nitrogens with zero attached hydrogens (tertiary/aromatic N) is 5. The molecule has 1 aliphatic rings. The van der Waals surface area contributed by atoms with Crippen LogP contribution in [0.3, 0.4) is 0 Å². The maximum atomic E-state index is 13.2. The molecule has 2 aromatic rings. The molecule has 2 aromatic heterocycles. The Hall–Kier alpha value is -2.08. The molecule has 0 spiro atoms. The Bertz CT molecular complexity index is 648. The quantitative estimate of drug-likeness (QED) is 0.864. The minimum absolute atomic E-state index is 0.276. The first kappa shape index (κ1) is 14.8. The molecule has 0 N–H and O–H groups in total. The summed E-state index contributed by atoms with van der Waals surface area (Å²) in [4.78, 5) is 16.9. The molecule has 0 bridgehead atoms. The molecule has 116 valence electrons. The molecule has 1 atom stereocenters. The first-order chi connectivity index (χ1) is 10.6. The predicted octanol–water partition coefficient (Wildman–Crippen LogP) is 2.03. The monoisotopic (exact) mass is 301 g/mol. The molecule has 1 fully saturated rings. The molecule has 22 heavy (non-hydrogen) atoms. The number of aromatic nitrogens is 3. The van der Waals surface area contributed by atoms with Gasteiger partial charge in [-0.1, -0.05) is 0 Å². The minimum atomic E-state index is -0.276. The number of hydrogen-bond donors (Lipinski definition) is 0. The van der Waals surface area contributed by atoms with E-state index in [1.807, 2.05) is 13.0 Å². The fourth-order valence-electron chi connectivity index (χ4n) is 2.89. The number of aryl methyl sites for hydroxylation is 1. The van der Waals surface area contributed by atoms with E-state index in [4.69, 9.17) is 0 Å². The van der Waals surface area contributed by atoms with Crippen molar-refractivity contribution >= 4 is 5.82 Å². The average molecular weight is 301 g/mol. The van der Waals surface area contributed by atoms with Gasteiger partial charge in [-0.05, 0) is 25.0 Å². The summed E-state index contributed by atoms with van der Waals surface area (Å²) in [5, 5.41) is 0. The maximum Gasteiger partial charge on any atom is 0.141 e. The van der Waals surface area contributed by atoms with Gasteiger partial charge in [-0.15, -0.1) is 0 Å². The summed E-state index contributed by atoms with van der Waals surface area (Å²) >= 11 is 0. The van der Waals surface area contributed by atoms with Gasteiger partial charge >= 0.3 is 0 Å². The molecule has 0 amide bonds. The van der Waals surface area contributed by atoms with Gasteiger partial charge in [-0.25, -0.2) is 14.4 Å². The second-order valence-corrected chi connectivity index (χ2v) is 5.82. The van der Waals surface area contributed by atoms with E-state index < -0.39 is 0 Å². The second kappa shape index (κ2) is 6.36. The van der Waals surface area contributed by atoms with Crippen LogP contribution in [0, 0.1) is 12.7 Å². The molecule has 3 rings (SSSR count). The molecular formula is C16H20FN5. The molecule has 0 saturated carbocycles. The van der Waals surface area contributed by atoms with Crippen molar-refractivity contribution in [2.75, 3.05) is 25.0 Å². The third-order valence-corrected chi connectivity index (χ3v) is 4.11. The first-order valence-electron chi connectivity index (χ1n) is 7.45. The van der Waals surface area contributed by atoms with E-state index >= 15 is 0 Å². The normalized spacial score (nSPS) is 18.6. The fraction of sp³-hybridized carbons (Fsp3) is 0.438. The van der Waals surface area contributed by atoms with E-state index in [9.17, 15) is 4.39 Å². The zero-order valence-corrected chi connectivity index (χ0v) is 12.9. The summed E-state index contributed by atoms with van der Waals surface area (Å²) < 4.78 is 13.2. The lowest BCUT2D eigenvalue weighted by Gasteiger charge is -2.26. The summed E-state index contributed by atoms with van der Waals surface area (Å²) in [6, 6.07) is 3.97. The van der Waals surface area contributed by atoms with Crippen LogP contribution in [0.25, 0.3) is 0 Å². The molecule has 0 radical (unpaired) electrons. The van der Waals surface area contributed by atoms with E-state index in [-0.39, 0.29) is 5.82 Å². The van der Waals surface area contributed by atoms with Crippen molar-refractivity contribution in [2.45, 2.75) is 25.9 Å². The van der Waals surface area contributed by atoms with Crippen molar-refractivity contribution in [1.29, 1.82) is 0 Å². The van der Waals surface area contributed by atoms with Crippen molar-refractivity contribution in [3.63, 3.8) is 0 Å². The lowest BCUT2D eigenvalue weighted by Crippen LogP contribution is -2.35. The highest BCUT2D eigenvalue weighted by molar-refractivity contribution is 5.39. The van der Waals surface area contributed by atoms with Gasteiger partial charge in [0.05, 0.1) is 6.20 Å². The van der Waals surface area contributed by atoms with Gasteiger partial charge in [-0.3, -0.25) is 9.88 Å². The molecule has 6 heteroatoms. The van der Waals surface area contributed by atoms with E-state index in [0.29, 0.717) is 6.04 Å². The van der Waals surface area contributed by atoms with Crippen molar-refractivity contribution in [2.24, 2.45) is 0 Å². The van der Waals surface area contributed by atoms with Crippen LogP contribution in [0.15, 0.2) is 30.9 Å². The van der Waals surface area contributed by atoms with E-state index in [0.717, 1.165) is 43.1 Å². The molecule has 1 aliphatic heterocycles. The zero-order chi connectivity index (χ0) is 15.5. The Morgan fingerprint density at radius 1 is 1.32 bits per heavy atom. The number of rotatable bonds is 4. The van der Waals surface area contributed by atoms with Crippen LogP contribution in [0.1, 0.15) is 17.7 Å². The van der Waals surface area contributed by atoms with Crippen LogP contribution in [0.4, 0.5) is 10.2 Å². The van der Waals surface area contributed by atoms with Crippen molar-refractivity contribution in [3.05, 3.63) is 47.9 Å². The smallest absolute Gasteiger partial charge is 0.141 e. The standard InChI is InChI=1S/C16H20FN5/c1-12-5-16(20-11-19-12)21(2)15-3-4-22(10-15)9-13-6-14(17)8-18-7-13/h5-8,11,15H,3-4,9-10H2,1-2H3. The molecule has 0 aromatic carbocycles. The molecule has 0 aliphatic carbocycles. The number of hydrogen-bond acceptors (Lipinski definition) is 5. The number of halogens is 1. The largest absolute Gasteiger partial charge is 0.355 e. The Morgan fingerprint density at radius 2 is 2.18 bits per heavy atom. The van der Waals surface area contributed by atoms with Crippen LogP contribution >= 0.6 is 0 Å². The number of likely N-dealkylation sites (tertiary alicyclic amines) is 1. The lowest BCUT2D eigenvalue weighted by molar-refractivity contribution is 0.325. The summed E-state index contributed by atoms with van der Waals surface area (Å²) in [7, 11) is 2.07. The third kappa shape index (κ3) is 3.39. The molecule has 5 nitrogen and oxygen atoms in total. The topological polar surface area (TPSA) is 45.2 Å². The lowest BCUT2D eigenvalue weighted by atomic mass is 10.2. The van der Waals surface area contributed by atoms with Gasteiger partial charge in [0.1, 0.15) is 18.0 Å². The summed E-state index contributed by atoms with van der Waals surface area (Å²) in [6.07, 6.45) is 5.64. The van der Waals surface area contributed by atoms with Gasteiger partial charge in [0.15, 0.2) is 0 Å². The Morgan fingerprint density at radius 3 is 2.95 bits per heavy atom. The maximum absolute atomic E-state index is 13.2. The third-order valence-electron chi connectivity index (χ3n) is 4.11. The highest BCUT2D eigenvalue weighted by atomic mass is 19.1. The van der Waals surface area contributed by atoms with E-state index in [1.165, 1.54) is 6.20 Å². The number of pyridine rings is 1. The summed E-state index contributed by atoms with van der Waals surface area (Å²) in [5.74, 6) is 0.675. The Balaban J connectivity index is 1.62. The number of anilines is 1. The molecule has 1 saturated heterocycles. The van der Waals surface area contributed by atoms with E-state index in [1.54, 1.807) is 18.6 Å². The van der Waals surface area contributed by atoms with Crippen molar-refractivity contribution in [3.8, 4) is 0 Å². The van der Waals surface area contributed by atoms with Gasteiger partial charge in [-0.2, -0.15) is 0 Å². The van der Waals surface area contributed by atoms with Crippen LogP contribution in [-0.4, -0.2) is 46.0 Å². The van der Waals surface area contributed by atoms with Crippen LogP contribution in [0.2, 0.25) is 0 Å². The van der Waals surface area contributed by atoms with Crippen LogP contribution in [0.5, 0.6) is 0 Å². The minimum Gasteiger partial charge on any atom is -0.355 e. The first-order valence-corrected chi connectivity index (χ1v) is 7.45. The zero-order valence-electron chi connectivity index (χ0n) is 12.9. The highest BCUT2D eigenvalue weighted by Crippen LogP contribution is 2.21. The highest BCUT2D eigenvalue weighted by Gasteiger charge is 2.26. The van der Waals surface area contributed by atoms with Gasteiger partial charge in [0.2, 0.25) is 0 Å². The van der Waals surface area contributed by atoms with Crippen molar-refractivity contribution < 1.29 is 4.39 Å². The van der Waals surface area contributed by atoms with Crippen LogP contribution in [-0.2, 0) is 6.54 Å². The van der Waals surface area contributed by atoms with E-state index in [2.05, 4.69) is 31.8 Å². The molecule has 3 heterocycles. The SMILES string of the molecule is Cc1cc(N(C)C2CCN(Cc3cncc(F)c3)C2)ncn1. The predicted molar refractivity (Wildman–Crippen MR) is 83.0 cm³/mol. The van der Waals surface area contributed by atoms with Gasteiger partial charge < -0.3 is 4.90 Å². The Labute approximate surface area is 129 Å². The van der Waals surface area contributed by atoms with Crippen LogP contribution < -0.4 is 4.90 Å². The Kier molecular flexibility index (Phi) is 4.29. The fourth-order valence-corrected chi connectivity index (χ4v) is 2.89. The molecule has 1 unspecified atom stereocenters. The second-order valence-electron chi connectivity index (χ2n) is 5.82. The summed E-state index contributed by atoms with van der Waals surface area (Å²) in [5.41, 5.74) is 1.89. The van der Waals surface area contributed by atoms with Gasteiger partial charge in [0.25, 0.3) is 0 Å².